The van der Waals surface area contributed by atoms with E-state index in [0.717, 1.165) is 26.0 Å². The van der Waals surface area contributed by atoms with Crippen molar-refractivity contribution in [1.29, 1.82) is 0 Å². The van der Waals surface area contributed by atoms with Gasteiger partial charge in [-0.3, -0.25) is 4.98 Å². The molecular weight excluding hydrogens is 514 g/mol. The Morgan fingerprint density at radius 2 is 1.55 bits per heavy atom. The third-order valence-electron chi connectivity index (χ3n) is 3.27. The number of alkyl halides is 2. The number of pyridine rings is 1. The second-order valence-electron chi connectivity index (χ2n) is 4.74. The highest BCUT2D eigenvalue weighted by molar-refractivity contribution is 9.11. The smallest absolute Gasteiger partial charge is 0.0410 e. The largest absolute Gasteiger partial charge is 0.263 e. The predicted molar refractivity (Wildman–Crippen MR) is 99.0 cm³/mol. The van der Waals surface area contributed by atoms with Crippen molar-refractivity contribution in [2.75, 3.05) is 10.7 Å². The lowest BCUT2D eigenvalue weighted by Gasteiger charge is -2.31. The van der Waals surface area contributed by atoms with Crippen LogP contribution in [0.3, 0.4) is 0 Å². The summed E-state index contributed by atoms with van der Waals surface area (Å²) in [6.45, 7) is 0. The van der Waals surface area contributed by atoms with Gasteiger partial charge in [-0.1, -0.05) is 59.9 Å². The molecule has 0 N–H and O–H groups in total. The van der Waals surface area contributed by atoms with Crippen LogP contribution in [0.25, 0.3) is 0 Å². The average molecular weight is 527 g/mol. The molecule has 0 aliphatic carbocycles. The average Bonchev–Trinajstić information content (AvgIpc) is 2.46. The molecule has 0 amide bonds. The zero-order valence-electron chi connectivity index (χ0n) is 10.6. The Kier molecular flexibility index (Phi) is 6.26. The summed E-state index contributed by atoms with van der Waals surface area (Å²) in [5.41, 5.74) is 2.55. The van der Waals surface area contributed by atoms with Crippen LogP contribution in [0.5, 0.6) is 0 Å². The Hall–Kier alpha value is 0.290. The van der Waals surface area contributed by atoms with E-state index in [1.807, 2.05) is 12.4 Å². The summed E-state index contributed by atoms with van der Waals surface area (Å²) in [6, 6.07) is 10.7. The van der Waals surface area contributed by atoms with Crippen LogP contribution in [0, 0.1) is 0 Å². The minimum atomic E-state index is 0.0170. The maximum absolute atomic E-state index is 4.26. The molecule has 0 unspecified atom stereocenters. The van der Waals surface area contributed by atoms with Crippen LogP contribution in [-0.4, -0.2) is 15.6 Å². The number of halogens is 4. The van der Waals surface area contributed by atoms with Crippen LogP contribution >= 0.6 is 63.7 Å². The van der Waals surface area contributed by atoms with Crippen molar-refractivity contribution in [2.24, 2.45) is 0 Å². The molecule has 0 fully saturated rings. The second kappa shape index (κ2) is 7.52. The highest BCUT2D eigenvalue weighted by Crippen LogP contribution is 2.33. The number of aromatic nitrogens is 1. The van der Waals surface area contributed by atoms with Crippen molar-refractivity contribution in [3.05, 3.63) is 62.8 Å². The third kappa shape index (κ3) is 3.93. The molecule has 5 heteroatoms. The molecule has 1 heterocycles. The predicted octanol–water partition coefficient (Wildman–Crippen LogP) is 5.88. The van der Waals surface area contributed by atoms with Gasteiger partial charge in [-0.25, -0.2) is 0 Å². The molecule has 2 aromatic rings. The molecule has 2 rings (SSSR count). The number of hydrogen-bond acceptors (Lipinski definition) is 1. The van der Waals surface area contributed by atoms with Gasteiger partial charge in [0.05, 0.1) is 0 Å². The maximum atomic E-state index is 4.26. The lowest BCUT2D eigenvalue weighted by Crippen LogP contribution is -2.33. The zero-order valence-corrected chi connectivity index (χ0v) is 17.0. The quantitative estimate of drug-likeness (QED) is 0.444. The fourth-order valence-electron chi connectivity index (χ4n) is 2.13. The second-order valence-corrected chi connectivity index (χ2v) is 7.70. The van der Waals surface area contributed by atoms with Gasteiger partial charge < -0.3 is 0 Å². The van der Waals surface area contributed by atoms with Gasteiger partial charge in [0.2, 0.25) is 0 Å². The zero-order chi connectivity index (χ0) is 14.6. The normalized spacial score (nSPS) is 11.6. The van der Waals surface area contributed by atoms with Crippen molar-refractivity contribution < 1.29 is 0 Å². The van der Waals surface area contributed by atoms with E-state index < -0.39 is 0 Å². The van der Waals surface area contributed by atoms with Crippen LogP contribution in [0.4, 0.5) is 0 Å². The van der Waals surface area contributed by atoms with Crippen molar-refractivity contribution in [3.8, 4) is 0 Å². The Balaban J connectivity index is 2.36. The van der Waals surface area contributed by atoms with Gasteiger partial charge in [-0.2, -0.15) is 0 Å². The molecule has 0 saturated heterocycles. The first-order valence-electron chi connectivity index (χ1n) is 6.07. The minimum Gasteiger partial charge on any atom is -0.263 e. The first kappa shape index (κ1) is 16.7. The Labute approximate surface area is 153 Å². The van der Waals surface area contributed by atoms with E-state index in [1.165, 1.54) is 11.1 Å². The maximum Gasteiger partial charge on any atom is 0.0410 e. The molecular formula is C15H13Br4N. The van der Waals surface area contributed by atoms with Gasteiger partial charge in [-0.15, -0.1) is 0 Å². The van der Waals surface area contributed by atoms with Crippen LogP contribution in [0.1, 0.15) is 11.1 Å². The summed E-state index contributed by atoms with van der Waals surface area (Å²) in [7, 11) is 0. The van der Waals surface area contributed by atoms with Crippen molar-refractivity contribution >= 4 is 63.7 Å². The van der Waals surface area contributed by atoms with Gasteiger partial charge in [0.15, 0.2) is 0 Å². The van der Waals surface area contributed by atoms with E-state index in [0.29, 0.717) is 0 Å². The molecule has 0 radical (unpaired) electrons. The molecule has 20 heavy (non-hydrogen) atoms. The summed E-state index contributed by atoms with van der Waals surface area (Å²) in [6.07, 6.45) is 4.67. The van der Waals surface area contributed by atoms with Crippen LogP contribution < -0.4 is 0 Å². The molecule has 1 nitrogen and oxygen atoms in total. The van der Waals surface area contributed by atoms with Crippen LogP contribution in [0.2, 0.25) is 0 Å². The SMILES string of the molecule is BrCC(CBr)(Cc1cncc(Br)c1)c1ccc(Br)cc1. The van der Waals surface area contributed by atoms with Crippen LogP contribution in [-0.2, 0) is 11.8 Å². The molecule has 1 aromatic heterocycles. The van der Waals surface area contributed by atoms with E-state index in [4.69, 9.17) is 0 Å². The van der Waals surface area contributed by atoms with E-state index in [2.05, 4.69) is 99.0 Å². The monoisotopic (exact) mass is 523 g/mol. The summed E-state index contributed by atoms with van der Waals surface area (Å²) in [4.78, 5) is 4.26. The molecule has 0 bridgehead atoms. The molecule has 0 aliphatic rings. The molecule has 0 saturated carbocycles. The van der Waals surface area contributed by atoms with E-state index >= 15 is 0 Å². The standard InChI is InChI=1S/C15H13Br4N/c16-9-15(10-17,12-1-3-13(18)4-2-12)6-11-5-14(19)8-20-7-11/h1-5,7-8H,6,9-10H2. The lowest BCUT2D eigenvalue weighted by atomic mass is 9.79. The van der Waals surface area contributed by atoms with E-state index in [1.54, 1.807) is 0 Å². The molecule has 106 valence electrons. The molecule has 1 aromatic carbocycles. The van der Waals surface area contributed by atoms with Crippen molar-refractivity contribution in [2.45, 2.75) is 11.8 Å². The fourth-order valence-corrected chi connectivity index (χ4v) is 4.78. The topological polar surface area (TPSA) is 12.9 Å². The fraction of sp³-hybridized carbons (Fsp3) is 0.267. The third-order valence-corrected chi connectivity index (χ3v) is 6.38. The molecule has 0 spiro atoms. The number of nitrogens with zero attached hydrogens (tertiary/aromatic N) is 1. The van der Waals surface area contributed by atoms with Gasteiger partial charge in [0, 0.05) is 37.4 Å². The number of hydrogen-bond donors (Lipinski definition) is 0. The number of rotatable bonds is 5. The summed E-state index contributed by atoms with van der Waals surface area (Å²) < 4.78 is 2.12. The highest BCUT2D eigenvalue weighted by atomic mass is 79.9. The first-order valence-corrected chi connectivity index (χ1v) is 9.90. The number of benzene rings is 1. The minimum absolute atomic E-state index is 0.0170. The highest BCUT2D eigenvalue weighted by Gasteiger charge is 2.30. The first-order chi connectivity index (χ1) is 9.59. The Morgan fingerprint density at radius 3 is 2.10 bits per heavy atom. The van der Waals surface area contributed by atoms with Crippen molar-refractivity contribution in [3.63, 3.8) is 0 Å². The van der Waals surface area contributed by atoms with Gasteiger partial charge in [-0.05, 0) is 51.7 Å². The Morgan fingerprint density at radius 1 is 0.900 bits per heavy atom. The van der Waals surface area contributed by atoms with Crippen LogP contribution in [0.15, 0.2) is 51.7 Å². The summed E-state index contributed by atoms with van der Waals surface area (Å²) >= 11 is 14.4. The molecule has 0 atom stereocenters. The summed E-state index contributed by atoms with van der Waals surface area (Å²) in [5.74, 6) is 0. The van der Waals surface area contributed by atoms with E-state index in [-0.39, 0.29) is 5.41 Å². The summed E-state index contributed by atoms with van der Waals surface area (Å²) in [5, 5.41) is 1.78. The lowest BCUT2D eigenvalue weighted by molar-refractivity contribution is 0.550. The van der Waals surface area contributed by atoms with E-state index in [9.17, 15) is 0 Å². The van der Waals surface area contributed by atoms with Gasteiger partial charge in [0.25, 0.3) is 0 Å². The molecule has 0 aliphatic heterocycles. The van der Waals surface area contributed by atoms with Gasteiger partial charge in [0.1, 0.15) is 0 Å². The van der Waals surface area contributed by atoms with Crippen molar-refractivity contribution in [1.82, 2.24) is 4.98 Å². The Bertz CT molecular complexity index is 564. The van der Waals surface area contributed by atoms with Gasteiger partial charge >= 0.3 is 0 Å².